The zero-order valence-corrected chi connectivity index (χ0v) is 15.3. The van der Waals surface area contributed by atoms with E-state index >= 15 is 0 Å². The van der Waals surface area contributed by atoms with E-state index in [1.807, 2.05) is 0 Å². The maximum Gasteiger partial charge on any atom is 0.331 e. The Kier molecular flexibility index (Phi) is 5.46. The molecule has 8 nitrogen and oxygen atoms in total. The van der Waals surface area contributed by atoms with Gasteiger partial charge in [-0.15, -0.1) is 0 Å². The van der Waals surface area contributed by atoms with Gasteiger partial charge in [-0.2, -0.15) is 0 Å². The summed E-state index contributed by atoms with van der Waals surface area (Å²) in [7, 11) is -3.67. The molecule has 2 rings (SSSR count). The van der Waals surface area contributed by atoms with Crippen LogP contribution in [-0.4, -0.2) is 44.3 Å². The Morgan fingerprint density at radius 3 is 2.44 bits per heavy atom. The normalized spacial score (nSPS) is 19.0. The number of esters is 1. The van der Waals surface area contributed by atoms with Gasteiger partial charge >= 0.3 is 5.97 Å². The molecule has 0 fully saturated rings. The summed E-state index contributed by atoms with van der Waals surface area (Å²) in [6.45, 7) is 6.52. The fraction of sp³-hybridized carbons (Fsp3) is 0.438. The van der Waals surface area contributed by atoms with Crippen LogP contribution in [0.3, 0.4) is 0 Å². The van der Waals surface area contributed by atoms with Crippen LogP contribution in [0.5, 0.6) is 0 Å². The minimum atomic E-state index is -3.67. The van der Waals surface area contributed by atoms with E-state index < -0.39 is 34.0 Å². The number of amides is 1. The van der Waals surface area contributed by atoms with Crippen LogP contribution in [0.15, 0.2) is 34.2 Å². The summed E-state index contributed by atoms with van der Waals surface area (Å²) in [4.78, 5) is 28.1. The van der Waals surface area contributed by atoms with Crippen LogP contribution in [0.25, 0.3) is 0 Å². The second kappa shape index (κ2) is 7.22. The van der Waals surface area contributed by atoms with Gasteiger partial charge in [0.2, 0.25) is 0 Å². The van der Waals surface area contributed by atoms with Crippen molar-refractivity contribution >= 4 is 27.7 Å². The fourth-order valence-corrected chi connectivity index (χ4v) is 3.44. The quantitative estimate of drug-likeness (QED) is 0.739. The van der Waals surface area contributed by atoms with E-state index in [1.165, 1.54) is 19.9 Å². The summed E-state index contributed by atoms with van der Waals surface area (Å²) < 4.78 is 31.5. The molecule has 9 heteroatoms. The maximum atomic E-state index is 12.1. The van der Waals surface area contributed by atoms with Gasteiger partial charge in [-0.1, -0.05) is 12.1 Å². The van der Waals surface area contributed by atoms with Crippen LogP contribution >= 0.6 is 0 Å². The molecule has 2 N–H and O–H groups in total. The molecule has 0 saturated heterocycles. The number of rotatable bonds is 5. The van der Waals surface area contributed by atoms with Crippen LogP contribution in [-0.2, 0) is 24.3 Å². The first-order valence-corrected chi connectivity index (χ1v) is 9.31. The van der Waals surface area contributed by atoms with Crippen molar-refractivity contribution in [2.24, 2.45) is 4.99 Å². The first-order valence-electron chi connectivity index (χ1n) is 7.82. The highest BCUT2D eigenvalue weighted by atomic mass is 32.2. The van der Waals surface area contributed by atoms with Crippen molar-refractivity contribution in [3.05, 3.63) is 29.8 Å². The second-order valence-electron chi connectivity index (χ2n) is 6.00. The van der Waals surface area contributed by atoms with E-state index in [1.54, 1.807) is 32.0 Å². The molecular formula is C16H21N3O5S. The van der Waals surface area contributed by atoms with Gasteiger partial charge in [-0.3, -0.25) is 14.5 Å². The van der Waals surface area contributed by atoms with E-state index in [4.69, 9.17) is 4.74 Å². The molecule has 1 aromatic rings. The molecule has 1 heterocycles. The molecule has 1 aromatic carbocycles. The molecule has 1 amide bonds. The number of sulfonamides is 1. The zero-order valence-electron chi connectivity index (χ0n) is 14.4. The van der Waals surface area contributed by atoms with Gasteiger partial charge in [-0.05, 0) is 39.8 Å². The predicted octanol–water partition coefficient (Wildman–Crippen LogP) is 0.570. The second-order valence-corrected chi connectivity index (χ2v) is 7.65. The molecule has 0 bridgehead atoms. The lowest BCUT2D eigenvalue weighted by Gasteiger charge is -2.16. The maximum absolute atomic E-state index is 12.1. The number of nitrogens with one attached hydrogen (secondary N) is 2. The number of amidine groups is 1. The van der Waals surface area contributed by atoms with Crippen molar-refractivity contribution in [1.82, 2.24) is 10.0 Å². The van der Waals surface area contributed by atoms with E-state index in [0.29, 0.717) is 5.56 Å². The topological polar surface area (TPSA) is 114 Å². The average Bonchev–Trinajstić information content (AvgIpc) is 2.77. The van der Waals surface area contributed by atoms with Crippen LogP contribution < -0.4 is 10.0 Å². The molecule has 1 aliphatic heterocycles. The van der Waals surface area contributed by atoms with Gasteiger partial charge in [0.15, 0.2) is 6.10 Å². The third-order valence-corrected chi connectivity index (χ3v) is 4.82. The minimum Gasteiger partial charge on any atom is -0.451 e. The number of fused-ring (bicyclic) bond motifs is 1. The summed E-state index contributed by atoms with van der Waals surface area (Å²) in [5, 5.41) is 2.64. The molecule has 2 atom stereocenters. The van der Waals surface area contributed by atoms with Gasteiger partial charge < -0.3 is 10.1 Å². The number of hydrogen-bond acceptors (Lipinski definition) is 6. The van der Waals surface area contributed by atoms with E-state index in [2.05, 4.69) is 15.0 Å². The van der Waals surface area contributed by atoms with Crippen LogP contribution in [0.1, 0.15) is 33.3 Å². The Hall–Kier alpha value is -2.42. The molecule has 0 radical (unpaired) electrons. The van der Waals surface area contributed by atoms with Gasteiger partial charge in [0.1, 0.15) is 11.9 Å². The highest BCUT2D eigenvalue weighted by Gasteiger charge is 2.31. The van der Waals surface area contributed by atoms with Crippen LogP contribution in [0, 0.1) is 0 Å². The monoisotopic (exact) mass is 367 g/mol. The predicted molar refractivity (Wildman–Crippen MR) is 91.6 cm³/mol. The zero-order chi connectivity index (χ0) is 18.8. The first-order chi connectivity index (χ1) is 11.6. The largest absolute Gasteiger partial charge is 0.451 e. The Morgan fingerprint density at radius 2 is 1.80 bits per heavy atom. The van der Waals surface area contributed by atoms with Crippen molar-refractivity contribution in [3.8, 4) is 0 Å². The Balaban J connectivity index is 2.12. The molecule has 0 aromatic heterocycles. The van der Waals surface area contributed by atoms with E-state index in [0.717, 1.165) is 0 Å². The van der Waals surface area contributed by atoms with Gasteiger partial charge in [0, 0.05) is 11.6 Å². The average molecular weight is 367 g/mol. The Labute approximate surface area is 146 Å². The summed E-state index contributed by atoms with van der Waals surface area (Å²) >= 11 is 0. The number of ether oxygens (including phenoxy) is 1. The van der Waals surface area contributed by atoms with Crippen molar-refractivity contribution in [3.63, 3.8) is 0 Å². The van der Waals surface area contributed by atoms with E-state index in [9.17, 15) is 18.0 Å². The number of nitrogens with zero attached hydrogens (tertiary/aromatic N) is 1. The summed E-state index contributed by atoms with van der Waals surface area (Å²) in [6, 6.07) is 5.30. The summed E-state index contributed by atoms with van der Waals surface area (Å²) in [5.41, 5.74) is 0.396. The lowest BCUT2D eigenvalue weighted by molar-refractivity contribution is -0.155. The fourth-order valence-electron chi connectivity index (χ4n) is 2.20. The number of hydrogen-bond donors (Lipinski definition) is 2. The number of benzene rings is 1. The highest BCUT2D eigenvalue weighted by Crippen LogP contribution is 2.22. The van der Waals surface area contributed by atoms with Crippen LogP contribution in [0.2, 0.25) is 0 Å². The summed E-state index contributed by atoms with van der Waals surface area (Å²) in [6.07, 6.45) is -0.967. The first kappa shape index (κ1) is 18.9. The van der Waals surface area contributed by atoms with Crippen molar-refractivity contribution in [2.75, 3.05) is 0 Å². The lowest BCUT2D eigenvalue weighted by Crippen LogP contribution is -2.40. The Morgan fingerprint density at radius 1 is 1.16 bits per heavy atom. The SMILES string of the molecule is CC(C)NC(=O)[C@H](C)OC(=O)[C@H](C)N=C1NS(=O)(=O)c2ccccc21. The highest BCUT2D eigenvalue weighted by molar-refractivity contribution is 7.90. The van der Waals surface area contributed by atoms with Crippen molar-refractivity contribution in [1.29, 1.82) is 0 Å². The van der Waals surface area contributed by atoms with Crippen molar-refractivity contribution in [2.45, 2.75) is 50.8 Å². The van der Waals surface area contributed by atoms with Gasteiger partial charge in [-0.25, -0.2) is 13.2 Å². The third kappa shape index (κ3) is 4.36. The van der Waals surface area contributed by atoms with E-state index in [-0.39, 0.29) is 16.8 Å². The van der Waals surface area contributed by atoms with Gasteiger partial charge in [0.25, 0.3) is 15.9 Å². The smallest absolute Gasteiger partial charge is 0.331 e. The number of carbonyl (C=O) groups excluding carboxylic acids is 2. The Bertz CT molecular complexity index is 817. The third-order valence-electron chi connectivity index (χ3n) is 3.42. The molecule has 1 aliphatic rings. The molecule has 0 aliphatic carbocycles. The molecular weight excluding hydrogens is 346 g/mol. The summed E-state index contributed by atoms with van der Waals surface area (Å²) in [5.74, 6) is -1.04. The molecule has 0 saturated carbocycles. The molecule has 136 valence electrons. The van der Waals surface area contributed by atoms with Gasteiger partial charge in [0.05, 0.1) is 4.90 Å². The number of aliphatic imine (C=N–C) groups is 1. The minimum absolute atomic E-state index is 0.0734. The van der Waals surface area contributed by atoms with Crippen LogP contribution in [0.4, 0.5) is 0 Å². The molecule has 25 heavy (non-hydrogen) atoms. The van der Waals surface area contributed by atoms with Crippen molar-refractivity contribution < 1.29 is 22.7 Å². The number of carbonyl (C=O) groups is 2. The lowest BCUT2D eigenvalue weighted by atomic mass is 10.2. The standard InChI is InChI=1S/C16H21N3O5S/c1-9(2)17-15(20)11(4)24-16(21)10(3)18-14-12-7-5-6-8-13(12)25(22,23)19-14/h5-11H,1-4H3,(H,17,20)(H,18,19)/t10-,11-/m0/s1. The molecule has 0 spiro atoms. The molecule has 0 unspecified atom stereocenters.